The number of carbonyl (C=O) groups is 2. The highest BCUT2D eigenvalue weighted by Crippen LogP contribution is 2.29. The Bertz CT molecular complexity index is 1150. The second kappa shape index (κ2) is 10.3. The third kappa shape index (κ3) is 5.17. The molecule has 0 unspecified atom stereocenters. The molecule has 1 N–H and O–H groups in total. The number of rotatable bonds is 9. The summed E-state index contributed by atoms with van der Waals surface area (Å²) in [7, 11) is 3.86. The van der Waals surface area contributed by atoms with Crippen LogP contribution in [0.3, 0.4) is 0 Å². The molecule has 2 heterocycles. The highest BCUT2D eigenvalue weighted by molar-refractivity contribution is 7.99. The number of aromatic nitrogens is 4. The summed E-state index contributed by atoms with van der Waals surface area (Å²) in [4.78, 5) is 30.6. The molecule has 33 heavy (non-hydrogen) atoms. The molecule has 0 spiro atoms. The minimum Gasteiger partial charge on any atom is -0.462 e. The van der Waals surface area contributed by atoms with Crippen LogP contribution in [0.5, 0.6) is 0 Å². The van der Waals surface area contributed by atoms with E-state index in [4.69, 9.17) is 4.74 Å². The van der Waals surface area contributed by atoms with Gasteiger partial charge in [-0.15, -0.1) is 10.2 Å². The van der Waals surface area contributed by atoms with Crippen molar-refractivity contribution in [2.24, 2.45) is 0 Å². The Morgan fingerprint density at radius 1 is 1.15 bits per heavy atom. The van der Waals surface area contributed by atoms with Crippen molar-refractivity contribution in [1.29, 1.82) is 0 Å². The van der Waals surface area contributed by atoms with Crippen molar-refractivity contribution in [3.63, 3.8) is 0 Å². The molecule has 3 aromatic rings. The van der Waals surface area contributed by atoms with Gasteiger partial charge in [-0.1, -0.05) is 11.8 Å². The lowest BCUT2D eigenvalue weighted by atomic mass is 10.1. The maximum Gasteiger partial charge on any atom is 0.340 e. The second-order valence-electron chi connectivity index (χ2n) is 7.85. The molecule has 0 amide bonds. The Morgan fingerprint density at radius 3 is 2.39 bits per heavy atom. The molecule has 1 aromatic carbocycles. The van der Waals surface area contributed by atoms with Crippen LogP contribution in [0.1, 0.15) is 57.8 Å². The Kier molecular flexibility index (Phi) is 7.70. The first kappa shape index (κ1) is 24.7. The number of carbonyl (C=O) groups excluding carboxylic acids is 2. The van der Waals surface area contributed by atoms with Crippen LogP contribution < -0.4 is 0 Å². The summed E-state index contributed by atoms with van der Waals surface area (Å²) in [5.41, 5.74) is 2.50. The number of H-pyrrole nitrogens is 1. The summed E-state index contributed by atoms with van der Waals surface area (Å²) in [5.74, 6) is -0.379. The molecule has 1 atom stereocenters. The van der Waals surface area contributed by atoms with Crippen LogP contribution in [0.25, 0.3) is 5.69 Å². The van der Waals surface area contributed by atoms with Crippen molar-refractivity contribution in [3.05, 3.63) is 58.4 Å². The molecule has 8 nitrogen and oxygen atoms in total. The largest absolute Gasteiger partial charge is 0.462 e. The smallest absolute Gasteiger partial charge is 0.340 e. The Hall–Kier alpha value is -2.98. The summed E-state index contributed by atoms with van der Waals surface area (Å²) < 4.78 is 20.5. The van der Waals surface area contributed by atoms with Crippen LogP contribution in [-0.2, 0) is 4.74 Å². The number of nitrogens with zero attached hydrogens (tertiary/aromatic N) is 4. The summed E-state index contributed by atoms with van der Waals surface area (Å²) in [5, 5.41) is 9.15. The van der Waals surface area contributed by atoms with Crippen LogP contribution >= 0.6 is 11.8 Å². The number of hydrogen-bond acceptors (Lipinski definition) is 7. The van der Waals surface area contributed by atoms with Crippen molar-refractivity contribution in [2.75, 3.05) is 26.5 Å². The zero-order valence-corrected chi connectivity index (χ0v) is 20.4. The van der Waals surface area contributed by atoms with Crippen molar-refractivity contribution in [1.82, 2.24) is 24.6 Å². The van der Waals surface area contributed by atoms with Gasteiger partial charge < -0.3 is 9.72 Å². The SMILES string of the molecule is CCOC(=O)c1c(C)[nH]c(C)c1C(=O)CSc1nnc([C@@H](C)N(C)C)n1-c1ccc(F)cc1. The van der Waals surface area contributed by atoms with Gasteiger partial charge in [-0.05, 0) is 66.1 Å². The summed E-state index contributed by atoms with van der Waals surface area (Å²) in [6.45, 7) is 7.42. The maximum absolute atomic E-state index is 13.5. The van der Waals surface area contributed by atoms with Crippen molar-refractivity contribution < 1.29 is 18.7 Å². The van der Waals surface area contributed by atoms with Crippen LogP contribution in [-0.4, -0.2) is 62.9 Å². The number of Topliss-reactive ketones (excluding diaryl/α,β-unsaturated/α-hetero) is 1. The third-order valence-electron chi connectivity index (χ3n) is 5.36. The van der Waals surface area contributed by atoms with Gasteiger partial charge in [0.1, 0.15) is 5.82 Å². The summed E-state index contributed by atoms with van der Waals surface area (Å²) in [6.07, 6.45) is 0. The fourth-order valence-corrected chi connectivity index (χ4v) is 4.33. The van der Waals surface area contributed by atoms with E-state index in [2.05, 4.69) is 15.2 Å². The van der Waals surface area contributed by atoms with Gasteiger partial charge in [0, 0.05) is 17.1 Å². The van der Waals surface area contributed by atoms with Crippen LogP contribution in [0.4, 0.5) is 4.39 Å². The molecular formula is C23H28FN5O3S. The number of nitrogens with one attached hydrogen (secondary N) is 1. The van der Waals surface area contributed by atoms with E-state index in [-0.39, 0.29) is 35.6 Å². The van der Waals surface area contributed by atoms with Crippen LogP contribution in [0.15, 0.2) is 29.4 Å². The molecule has 0 fully saturated rings. The number of halogens is 1. The molecule has 0 radical (unpaired) electrons. The molecule has 0 aliphatic carbocycles. The average molecular weight is 474 g/mol. The number of ketones is 1. The highest BCUT2D eigenvalue weighted by Gasteiger charge is 2.27. The van der Waals surface area contributed by atoms with Crippen LogP contribution in [0, 0.1) is 19.7 Å². The summed E-state index contributed by atoms with van der Waals surface area (Å²) in [6, 6.07) is 5.97. The minimum absolute atomic E-state index is 0.0419. The monoisotopic (exact) mass is 473 g/mol. The molecule has 176 valence electrons. The fraction of sp³-hybridized carbons (Fsp3) is 0.391. The Morgan fingerprint density at radius 2 is 1.79 bits per heavy atom. The van der Waals surface area contributed by atoms with Gasteiger partial charge in [0.15, 0.2) is 16.8 Å². The zero-order chi connectivity index (χ0) is 24.3. The molecule has 0 aliphatic heterocycles. The molecule has 10 heteroatoms. The van der Waals surface area contributed by atoms with E-state index >= 15 is 0 Å². The molecular weight excluding hydrogens is 445 g/mol. The van der Waals surface area contributed by atoms with E-state index in [0.29, 0.717) is 33.6 Å². The number of aryl methyl sites for hydroxylation is 2. The number of ether oxygens (including phenoxy) is 1. The lowest BCUT2D eigenvalue weighted by Gasteiger charge is -2.20. The molecule has 2 aromatic heterocycles. The molecule has 3 rings (SSSR count). The van der Waals surface area contributed by atoms with Crippen molar-refractivity contribution in [3.8, 4) is 5.69 Å². The molecule has 0 bridgehead atoms. The number of benzene rings is 1. The van der Waals surface area contributed by atoms with Gasteiger partial charge in [-0.2, -0.15) is 0 Å². The number of esters is 1. The zero-order valence-electron chi connectivity index (χ0n) is 19.6. The fourth-order valence-electron chi connectivity index (χ4n) is 3.50. The van der Waals surface area contributed by atoms with Gasteiger partial charge >= 0.3 is 5.97 Å². The number of aromatic amines is 1. The van der Waals surface area contributed by atoms with E-state index in [1.807, 2.05) is 30.5 Å². The topological polar surface area (TPSA) is 93.1 Å². The maximum atomic E-state index is 13.5. The first-order valence-electron chi connectivity index (χ1n) is 10.6. The normalized spacial score (nSPS) is 12.2. The van der Waals surface area contributed by atoms with Gasteiger partial charge in [0.25, 0.3) is 0 Å². The van der Waals surface area contributed by atoms with E-state index in [1.54, 1.807) is 32.9 Å². The first-order chi connectivity index (χ1) is 15.6. The Balaban J connectivity index is 1.93. The molecule has 0 saturated carbocycles. The number of thioether (sulfide) groups is 1. The van der Waals surface area contributed by atoms with Gasteiger partial charge in [0.2, 0.25) is 0 Å². The molecule has 0 saturated heterocycles. The third-order valence-corrected chi connectivity index (χ3v) is 6.29. The van der Waals surface area contributed by atoms with Crippen molar-refractivity contribution in [2.45, 2.75) is 38.9 Å². The first-order valence-corrected chi connectivity index (χ1v) is 11.5. The summed E-state index contributed by atoms with van der Waals surface area (Å²) >= 11 is 1.21. The predicted molar refractivity (Wildman–Crippen MR) is 125 cm³/mol. The lowest BCUT2D eigenvalue weighted by Crippen LogP contribution is -2.20. The van der Waals surface area contributed by atoms with Gasteiger partial charge in [0.05, 0.1) is 29.5 Å². The van der Waals surface area contributed by atoms with E-state index in [9.17, 15) is 14.0 Å². The Labute approximate surface area is 196 Å². The van der Waals surface area contributed by atoms with Gasteiger partial charge in [-0.3, -0.25) is 14.3 Å². The average Bonchev–Trinajstić information content (AvgIpc) is 3.32. The lowest BCUT2D eigenvalue weighted by molar-refractivity contribution is 0.0522. The van der Waals surface area contributed by atoms with Crippen LogP contribution in [0.2, 0.25) is 0 Å². The second-order valence-corrected chi connectivity index (χ2v) is 8.79. The van der Waals surface area contributed by atoms with E-state index in [1.165, 1.54) is 23.9 Å². The quantitative estimate of drug-likeness (QED) is 0.284. The molecule has 0 aliphatic rings. The van der Waals surface area contributed by atoms with E-state index < -0.39 is 5.97 Å². The predicted octanol–water partition coefficient (Wildman–Crippen LogP) is 4.13. The minimum atomic E-state index is -0.524. The number of hydrogen-bond donors (Lipinski definition) is 1. The standard InChI is InChI=1S/C23H28FN5O3S/c1-7-32-22(31)20-14(3)25-13(2)19(20)18(30)12-33-23-27-26-21(15(4)28(5)6)29(23)17-10-8-16(24)9-11-17/h8-11,15,25H,7,12H2,1-6H3/t15-/m1/s1. The van der Waals surface area contributed by atoms with Crippen molar-refractivity contribution >= 4 is 23.5 Å². The van der Waals surface area contributed by atoms with E-state index in [0.717, 1.165) is 0 Å². The highest BCUT2D eigenvalue weighted by atomic mass is 32.2. The van der Waals surface area contributed by atoms with Gasteiger partial charge in [-0.25, -0.2) is 9.18 Å².